The third-order valence-electron chi connectivity index (χ3n) is 7.32. The van der Waals surface area contributed by atoms with Crippen molar-refractivity contribution in [3.8, 4) is 0 Å². The Bertz CT molecular complexity index is 1590. The molecule has 5 rings (SSSR count). The summed E-state index contributed by atoms with van der Waals surface area (Å²) in [6, 6.07) is 12.9. The van der Waals surface area contributed by atoms with Gasteiger partial charge in [0.1, 0.15) is 12.2 Å². The Hall–Kier alpha value is -3.29. The van der Waals surface area contributed by atoms with E-state index in [0.717, 1.165) is 16.9 Å². The lowest BCUT2D eigenvalue weighted by Gasteiger charge is -2.36. The molecule has 202 valence electrons. The zero-order chi connectivity index (χ0) is 27.7. The maximum Gasteiger partial charge on any atom is 0.336 e. The summed E-state index contributed by atoms with van der Waals surface area (Å²) in [5.74, 6) is -0.122. The Morgan fingerprint density at radius 3 is 2.69 bits per heavy atom. The van der Waals surface area contributed by atoms with E-state index in [-0.39, 0.29) is 41.3 Å². The Balaban J connectivity index is 1.63. The Labute approximate surface area is 236 Å². The first-order valence-electron chi connectivity index (χ1n) is 13.1. The summed E-state index contributed by atoms with van der Waals surface area (Å²) < 4.78 is 11.5. The minimum Gasteiger partial charge on any atom is -0.464 e. The van der Waals surface area contributed by atoms with Gasteiger partial charge in [-0.15, -0.1) is 0 Å². The quantitative estimate of drug-likeness (QED) is 0.262. The topological polar surface area (TPSA) is 85.6 Å². The first-order valence-corrected chi connectivity index (χ1v) is 14.6. The zero-order valence-corrected chi connectivity index (χ0v) is 23.7. The predicted molar refractivity (Wildman–Crippen MR) is 155 cm³/mol. The number of benzene rings is 2. The number of carbonyl (C=O) groups excluding carboxylic acids is 2. The fourth-order valence-electron chi connectivity index (χ4n) is 5.52. The number of nitrogens with one attached hydrogen (secondary N) is 1. The highest BCUT2D eigenvalue weighted by Crippen LogP contribution is 2.46. The molecule has 1 aliphatic carbocycles. The summed E-state index contributed by atoms with van der Waals surface area (Å²) in [4.78, 5) is 41.2. The molecule has 0 fully saturated rings. The first-order chi connectivity index (χ1) is 18.8. The number of esters is 1. The van der Waals surface area contributed by atoms with E-state index in [2.05, 4.69) is 5.32 Å². The summed E-state index contributed by atoms with van der Waals surface area (Å²) >= 11 is 8.15. The molecule has 3 aromatic rings. The van der Waals surface area contributed by atoms with Gasteiger partial charge in [0.05, 0.1) is 23.1 Å². The third-order valence-corrected chi connectivity index (χ3v) is 8.53. The van der Waals surface area contributed by atoms with E-state index in [9.17, 15) is 14.4 Å². The van der Waals surface area contributed by atoms with Crippen molar-refractivity contribution >= 4 is 46.1 Å². The maximum atomic E-state index is 13.9. The molecule has 0 saturated heterocycles. The van der Waals surface area contributed by atoms with Gasteiger partial charge in [0.25, 0.3) is 0 Å². The van der Waals surface area contributed by atoms with Crippen LogP contribution in [-0.2, 0) is 14.3 Å². The molecular weight excluding hydrogens is 534 g/mol. The molecule has 8 heteroatoms. The number of thioether (sulfide) groups is 1. The number of hydrogen-bond donors (Lipinski definition) is 1. The van der Waals surface area contributed by atoms with Gasteiger partial charge in [-0.3, -0.25) is 9.59 Å². The van der Waals surface area contributed by atoms with E-state index in [0.29, 0.717) is 45.1 Å². The van der Waals surface area contributed by atoms with Crippen molar-refractivity contribution in [1.29, 1.82) is 0 Å². The van der Waals surface area contributed by atoms with E-state index in [1.807, 2.05) is 44.2 Å². The van der Waals surface area contributed by atoms with Gasteiger partial charge in [-0.25, -0.2) is 4.79 Å². The molecule has 39 heavy (non-hydrogen) atoms. The standard InChI is InChI=1S/C31H30ClNO5S/c1-4-39-12-11-37-31(36)27-18(3)33-24-14-19(20-7-5-6-8-23(20)32)15-25(34)29(24)28(27)22-16-38-26-10-9-17(2)13-21(26)30(22)35/h5-10,13,16,19,28,33H,4,11-12,14-15H2,1-3H3/t19-,28+/m0/s1. The summed E-state index contributed by atoms with van der Waals surface area (Å²) in [5, 5.41) is 4.34. The van der Waals surface area contributed by atoms with Crippen molar-refractivity contribution < 1.29 is 18.7 Å². The van der Waals surface area contributed by atoms with Gasteiger partial charge in [-0.1, -0.05) is 48.4 Å². The highest BCUT2D eigenvalue weighted by atomic mass is 35.5. The molecule has 6 nitrogen and oxygen atoms in total. The Morgan fingerprint density at radius 2 is 1.92 bits per heavy atom. The third kappa shape index (κ3) is 5.30. The van der Waals surface area contributed by atoms with Crippen molar-refractivity contribution in [3.05, 3.63) is 103 Å². The maximum absolute atomic E-state index is 13.9. The number of allylic oxidation sites excluding steroid dienone is 3. The van der Waals surface area contributed by atoms with Crippen LogP contribution >= 0.6 is 23.4 Å². The summed E-state index contributed by atoms with van der Waals surface area (Å²) in [6.07, 6.45) is 2.13. The lowest BCUT2D eigenvalue weighted by Crippen LogP contribution is -2.37. The number of hydrogen-bond acceptors (Lipinski definition) is 7. The molecule has 0 spiro atoms. The van der Waals surface area contributed by atoms with Crippen molar-refractivity contribution in [2.75, 3.05) is 18.1 Å². The van der Waals surface area contributed by atoms with E-state index >= 15 is 0 Å². The average molecular weight is 564 g/mol. The van der Waals surface area contributed by atoms with Crippen LogP contribution in [0.25, 0.3) is 11.0 Å². The molecule has 2 atom stereocenters. The summed E-state index contributed by atoms with van der Waals surface area (Å²) in [7, 11) is 0. The van der Waals surface area contributed by atoms with Gasteiger partial charge >= 0.3 is 5.97 Å². The first kappa shape index (κ1) is 27.3. The number of dihydropyridines is 1. The molecule has 1 aliphatic heterocycles. The minimum atomic E-state index is -0.895. The van der Waals surface area contributed by atoms with Gasteiger partial charge in [0.15, 0.2) is 11.2 Å². The van der Waals surface area contributed by atoms with Crippen LogP contribution in [0.5, 0.6) is 0 Å². The van der Waals surface area contributed by atoms with Gasteiger partial charge < -0.3 is 14.5 Å². The second-order valence-electron chi connectivity index (χ2n) is 9.89. The molecule has 2 aliphatic rings. The highest BCUT2D eigenvalue weighted by Gasteiger charge is 2.43. The van der Waals surface area contributed by atoms with Crippen molar-refractivity contribution in [2.24, 2.45) is 0 Å². The number of ether oxygens (including phenoxy) is 1. The molecule has 1 N–H and O–H groups in total. The Morgan fingerprint density at radius 1 is 1.13 bits per heavy atom. The van der Waals surface area contributed by atoms with E-state index in [1.54, 1.807) is 30.8 Å². The molecule has 0 saturated carbocycles. The average Bonchev–Trinajstić information content (AvgIpc) is 2.91. The minimum absolute atomic E-state index is 0.124. The van der Waals surface area contributed by atoms with Gasteiger partial charge in [-0.05, 0) is 55.7 Å². The van der Waals surface area contributed by atoms with Crippen LogP contribution in [0, 0.1) is 6.92 Å². The van der Waals surface area contributed by atoms with Crippen molar-refractivity contribution in [3.63, 3.8) is 0 Å². The number of rotatable bonds is 7. The monoisotopic (exact) mass is 563 g/mol. The molecule has 0 amide bonds. The summed E-state index contributed by atoms with van der Waals surface area (Å²) in [5.41, 5.74) is 4.18. The molecule has 2 aromatic carbocycles. The van der Waals surface area contributed by atoms with Crippen molar-refractivity contribution in [1.82, 2.24) is 5.32 Å². The number of ketones is 1. The second kappa shape index (κ2) is 11.4. The lowest BCUT2D eigenvalue weighted by atomic mass is 9.72. The predicted octanol–water partition coefficient (Wildman–Crippen LogP) is 6.41. The van der Waals surface area contributed by atoms with E-state index in [1.165, 1.54) is 6.26 Å². The van der Waals surface area contributed by atoms with Gasteiger partial charge in [0, 0.05) is 39.7 Å². The van der Waals surface area contributed by atoms with Gasteiger partial charge in [-0.2, -0.15) is 11.8 Å². The fraction of sp³-hybridized carbons (Fsp3) is 0.323. The highest BCUT2D eigenvalue weighted by molar-refractivity contribution is 7.99. The van der Waals surface area contributed by atoms with Crippen LogP contribution in [0.1, 0.15) is 55.2 Å². The molecule has 0 bridgehead atoms. The van der Waals surface area contributed by atoms with Crippen LogP contribution in [0.4, 0.5) is 0 Å². The number of halogens is 1. The molecular formula is C31H30ClNO5S. The van der Waals surface area contributed by atoms with Crippen LogP contribution in [0.3, 0.4) is 0 Å². The normalized spacial score (nSPS) is 19.2. The molecule has 0 radical (unpaired) electrons. The zero-order valence-electron chi connectivity index (χ0n) is 22.1. The Kier molecular flexibility index (Phi) is 8.01. The fourth-order valence-corrected chi connectivity index (χ4v) is 6.30. The lowest BCUT2D eigenvalue weighted by molar-refractivity contribution is -0.138. The smallest absolute Gasteiger partial charge is 0.336 e. The van der Waals surface area contributed by atoms with Crippen LogP contribution in [0.2, 0.25) is 5.02 Å². The van der Waals surface area contributed by atoms with Gasteiger partial charge in [0.2, 0.25) is 0 Å². The largest absolute Gasteiger partial charge is 0.464 e. The van der Waals surface area contributed by atoms with E-state index in [4.69, 9.17) is 20.8 Å². The molecule has 1 aromatic heterocycles. The summed E-state index contributed by atoms with van der Waals surface area (Å²) in [6.45, 7) is 5.96. The number of Topliss-reactive ketones (excluding diaryl/α,β-unsaturated/α-hetero) is 1. The SMILES string of the molecule is CCSCCOC(=O)C1=C(C)NC2=C(C(=O)C[C@@H](c3ccccc3Cl)C2)[C@@H]1c1coc2ccc(C)cc2c1=O. The van der Waals surface area contributed by atoms with Crippen LogP contribution in [-0.4, -0.2) is 29.9 Å². The number of aryl methyl sites for hydroxylation is 1. The molecule has 0 unspecified atom stereocenters. The van der Waals surface area contributed by atoms with Crippen LogP contribution < -0.4 is 10.7 Å². The van der Waals surface area contributed by atoms with Crippen LogP contribution in [0.15, 0.2) is 80.5 Å². The van der Waals surface area contributed by atoms with Crippen molar-refractivity contribution in [2.45, 2.75) is 45.4 Å². The molecule has 2 heterocycles. The second-order valence-corrected chi connectivity index (χ2v) is 11.7. The van der Waals surface area contributed by atoms with E-state index < -0.39 is 11.9 Å². The number of fused-ring (bicyclic) bond motifs is 1. The number of carbonyl (C=O) groups is 2.